The van der Waals surface area contributed by atoms with Gasteiger partial charge in [-0.2, -0.15) is 0 Å². The molecule has 4 rings (SSSR count). The van der Waals surface area contributed by atoms with Crippen LogP contribution < -0.4 is 5.32 Å². The Morgan fingerprint density at radius 2 is 1.91 bits per heavy atom. The number of alkyl carbamates (subject to hydrolysis) is 1. The molecule has 2 aliphatic heterocycles. The SMILES string of the molecule is CNC(=O)OCCN1Cc2cc(Cl)ccc2C2(CCN([C@H]3CC[C@@H](C(C)C)CC3)CC2)C1=O. The van der Waals surface area contributed by atoms with E-state index in [4.69, 9.17) is 16.3 Å². The number of carbonyl (C=O) groups excluding carboxylic acids is 2. The van der Waals surface area contributed by atoms with Crippen molar-refractivity contribution >= 4 is 23.6 Å². The molecule has 6 nitrogen and oxygen atoms in total. The highest BCUT2D eigenvalue weighted by atomic mass is 35.5. The van der Waals surface area contributed by atoms with Crippen LogP contribution in [-0.2, 0) is 21.5 Å². The molecule has 2 amide bonds. The molecule has 33 heavy (non-hydrogen) atoms. The number of piperidine rings is 1. The molecule has 1 saturated carbocycles. The lowest BCUT2D eigenvalue weighted by molar-refractivity contribution is -0.142. The first kappa shape index (κ1) is 24.3. The Kier molecular flexibility index (Phi) is 7.54. The molecule has 1 spiro atoms. The van der Waals surface area contributed by atoms with Gasteiger partial charge in [-0.3, -0.25) is 4.79 Å². The molecule has 0 aromatic heterocycles. The van der Waals surface area contributed by atoms with E-state index in [9.17, 15) is 9.59 Å². The standard InChI is InChI=1S/C26H38ClN3O3/c1-18(2)19-4-7-22(8-5-19)29-12-10-26(11-13-29)23-9-6-21(27)16-20(23)17-30(24(26)31)14-15-33-25(32)28-3/h6,9,16,18-19,22H,4-5,7-8,10-15,17H2,1-3H3,(H,28,32)/t19-,22+. The van der Waals surface area contributed by atoms with Gasteiger partial charge in [-0.1, -0.05) is 31.5 Å². The number of nitrogens with one attached hydrogen (secondary N) is 1. The summed E-state index contributed by atoms with van der Waals surface area (Å²) in [6.45, 7) is 7.68. The van der Waals surface area contributed by atoms with Crippen molar-refractivity contribution in [1.29, 1.82) is 0 Å². The number of amides is 2. The number of likely N-dealkylation sites (tertiary alicyclic amines) is 1. The first-order valence-corrected chi connectivity index (χ1v) is 12.9. The molecule has 1 N–H and O–H groups in total. The van der Waals surface area contributed by atoms with Gasteiger partial charge < -0.3 is 19.9 Å². The van der Waals surface area contributed by atoms with Crippen molar-refractivity contribution in [3.63, 3.8) is 0 Å². The van der Waals surface area contributed by atoms with Gasteiger partial charge >= 0.3 is 6.09 Å². The van der Waals surface area contributed by atoms with Gasteiger partial charge in [-0.15, -0.1) is 0 Å². The first-order chi connectivity index (χ1) is 15.8. The van der Waals surface area contributed by atoms with Crippen LogP contribution in [0.1, 0.15) is 63.5 Å². The second-order valence-electron chi connectivity index (χ2n) is 10.3. The highest BCUT2D eigenvalue weighted by molar-refractivity contribution is 6.30. The molecule has 7 heteroatoms. The maximum atomic E-state index is 13.8. The van der Waals surface area contributed by atoms with Crippen LogP contribution in [0.25, 0.3) is 0 Å². The molecule has 2 heterocycles. The Bertz CT molecular complexity index is 858. The predicted molar refractivity (Wildman–Crippen MR) is 130 cm³/mol. The molecule has 3 aliphatic rings. The Morgan fingerprint density at radius 3 is 2.55 bits per heavy atom. The van der Waals surface area contributed by atoms with Gasteiger partial charge in [-0.25, -0.2) is 4.79 Å². The number of hydrogen-bond donors (Lipinski definition) is 1. The average Bonchev–Trinajstić information content (AvgIpc) is 2.82. The Morgan fingerprint density at radius 1 is 1.21 bits per heavy atom. The van der Waals surface area contributed by atoms with Crippen molar-refractivity contribution in [3.8, 4) is 0 Å². The number of hydrogen-bond acceptors (Lipinski definition) is 4. The fraction of sp³-hybridized carbons (Fsp3) is 0.692. The molecule has 0 atom stereocenters. The molecule has 182 valence electrons. The molecule has 1 saturated heterocycles. The van der Waals surface area contributed by atoms with Crippen molar-refractivity contribution in [1.82, 2.24) is 15.1 Å². The molecule has 1 aromatic carbocycles. The summed E-state index contributed by atoms with van der Waals surface area (Å²) in [5.41, 5.74) is 1.76. The summed E-state index contributed by atoms with van der Waals surface area (Å²) in [5, 5.41) is 3.14. The van der Waals surface area contributed by atoms with E-state index in [-0.39, 0.29) is 12.5 Å². The average molecular weight is 476 g/mol. The quantitative estimate of drug-likeness (QED) is 0.676. The smallest absolute Gasteiger partial charge is 0.406 e. The van der Waals surface area contributed by atoms with E-state index in [0.717, 1.165) is 48.9 Å². The van der Waals surface area contributed by atoms with Gasteiger partial charge in [0.2, 0.25) is 5.91 Å². The Hall–Kier alpha value is -1.79. The third-order valence-corrected chi connectivity index (χ3v) is 8.53. The largest absolute Gasteiger partial charge is 0.448 e. The summed E-state index contributed by atoms with van der Waals surface area (Å²) in [5.74, 6) is 1.80. The van der Waals surface area contributed by atoms with Gasteiger partial charge in [0.25, 0.3) is 0 Å². The fourth-order valence-electron chi connectivity index (χ4n) is 6.24. The van der Waals surface area contributed by atoms with Crippen LogP contribution in [-0.4, -0.2) is 61.1 Å². The van der Waals surface area contributed by atoms with E-state index >= 15 is 0 Å². The van der Waals surface area contributed by atoms with Crippen molar-refractivity contribution < 1.29 is 14.3 Å². The normalized spacial score (nSPS) is 25.2. The van der Waals surface area contributed by atoms with Gasteiger partial charge in [0.15, 0.2) is 0 Å². The first-order valence-electron chi connectivity index (χ1n) is 12.5. The molecule has 1 aromatic rings. The van der Waals surface area contributed by atoms with E-state index in [2.05, 4.69) is 30.1 Å². The summed E-state index contributed by atoms with van der Waals surface area (Å²) >= 11 is 6.32. The number of nitrogens with zero attached hydrogens (tertiary/aromatic N) is 2. The minimum Gasteiger partial charge on any atom is -0.448 e. The molecule has 0 unspecified atom stereocenters. The summed E-state index contributed by atoms with van der Waals surface area (Å²) in [7, 11) is 1.53. The lowest BCUT2D eigenvalue weighted by Gasteiger charge is -2.49. The highest BCUT2D eigenvalue weighted by Crippen LogP contribution is 2.44. The summed E-state index contributed by atoms with van der Waals surface area (Å²) in [6.07, 6.45) is 6.39. The van der Waals surface area contributed by atoms with E-state index < -0.39 is 11.5 Å². The van der Waals surface area contributed by atoms with Crippen LogP contribution in [0.3, 0.4) is 0 Å². The topological polar surface area (TPSA) is 61.9 Å². The molecule has 0 bridgehead atoms. The third kappa shape index (κ3) is 5.02. The number of rotatable bonds is 5. The van der Waals surface area contributed by atoms with Crippen LogP contribution in [0.2, 0.25) is 5.02 Å². The van der Waals surface area contributed by atoms with Gasteiger partial charge in [-0.05, 0) is 86.7 Å². The van der Waals surface area contributed by atoms with Crippen molar-refractivity contribution in [2.45, 2.75) is 70.4 Å². The number of benzene rings is 1. The number of fused-ring (bicyclic) bond motifs is 2. The maximum absolute atomic E-state index is 13.8. The van der Waals surface area contributed by atoms with Crippen molar-refractivity contribution in [2.24, 2.45) is 11.8 Å². The van der Waals surface area contributed by atoms with E-state index in [1.165, 1.54) is 32.7 Å². The summed E-state index contributed by atoms with van der Waals surface area (Å²) < 4.78 is 5.17. The van der Waals surface area contributed by atoms with Gasteiger partial charge in [0.05, 0.1) is 12.0 Å². The van der Waals surface area contributed by atoms with Crippen LogP contribution >= 0.6 is 11.6 Å². The monoisotopic (exact) mass is 475 g/mol. The zero-order chi connectivity index (χ0) is 23.6. The Balaban J connectivity index is 1.47. The lowest BCUT2D eigenvalue weighted by atomic mass is 9.67. The number of carbonyl (C=O) groups is 2. The second kappa shape index (κ2) is 10.2. The fourth-order valence-corrected chi connectivity index (χ4v) is 6.44. The molecule has 1 aliphatic carbocycles. The van der Waals surface area contributed by atoms with E-state index in [0.29, 0.717) is 24.2 Å². The number of halogens is 1. The second-order valence-corrected chi connectivity index (χ2v) is 10.8. The minimum atomic E-state index is -0.503. The van der Waals surface area contributed by atoms with Gasteiger partial charge in [0.1, 0.15) is 6.61 Å². The van der Waals surface area contributed by atoms with Crippen molar-refractivity contribution in [3.05, 3.63) is 34.3 Å². The van der Waals surface area contributed by atoms with E-state index in [1.807, 2.05) is 17.0 Å². The lowest BCUT2D eigenvalue weighted by Crippen LogP contribution is -2.57. The zero-order valence-electron chi connectivity index (χ0n) is 20.2. The summed E-state index contributed by atoms with van der Waals surface area (Å²) in [6, 6.07) is 6.63. The minimum absolute atomic E-state index is 0.168. The summed E-state index contributed by atoms with van der Waals surface area (Å²) in [4.78, 5) is 29.8. The number of ether oxygens (including phenoxy) is 1. The van der Waals surface area contributed by atoms with Crippen LogP contribution in [0.5, 0.6) is 0 Å². The highest BCUT2D eigenvalue weighted by Gasteiger charge is 2.49. The molecular weight excluding hydrogens is 438 g/mol. The Labute approximate surface area is 203 Å². The van der Waals surface area contributed by atoms with Crippen LogP contribution in [0.15, 0.2) is 18.2 Å². The van der Waals surface area contributed by atoms with Crippen LogP contribution in [0.4, 0.5) is 4.79 Å². The maximum Gasteiger partial charge on any atom is 0.406 e. The molecule has 0 radical (unpaired) electrons. The van der Waals surface area contributed by atoms with Gasteiger partial charge in [0, 0.05) is 24.7 Å². The zero-order valence-corrected chi connectivity index (χ0v) is 21.0. The third-order valence-electron chi connectivity index (χ3n) is 8.29. The van der Waals surface area contributed by atoms with Crippen molar-refractivity contribution in [2.75, 3.05) is 33.3 Å². The molecule has 2 fully saturated rings. The predicted octanol–water partition coefficient (Wildman–Crippen LogP) is 4.59. The van der Waals surface area contributed by atoms with Crippen LogP contribution in [0, 0.1) is 11.8 Å². The van der Waals surface area contributed by atoms with E-state index in [1.54, 1.807) is 0 Å². The molecular formula is C26H38ClN3O3.